The van der Waals surface area contributed by atoms with Gasteiger partial charge in [0.25, 0.3) is 0 Å². The number of Topliss-reactive ketones (excluding diaryl/α,β-unsaturated/α-hetero) is 2. The quantitative estimate of drug-likeness (QED) is 0.376. The van der Waals surface area contributed by atoms with E-state index in [9.17, 15) is 9.59 Å². The van der Waals surface area contributed by atoms with Gasteiger partial charge in [-0.3, -0.25) is 9.59 Å². The van der Waals surface area contributed by atoms with Crippen LogP contribution in [0.1, 0.15) is 79.1 Å². The van der Waals surface area contributed by atoms with Gasteiger partial charge in [-0.1, -0.05) is 40.5 Å². The molecule has 0 spiro atoms. The number of ether oxygens (including phenoxy) is 2. The van der Waals surface area contributed by atoms with Crippen molar-refractivity contribution in [2.24, 2.45) is 0 Å². The number of carbonyl (C=O) groups is 2. The molecule has 0 atom stereocenters. The maximum absolute atomic E-state index is 12.6. The van der Waals surface area contributed by atoms with E-state index in [0.717, 1.165) is 38.5 Å². The molecule has 0 heterocycles. The topological polar surface area (TPSA) is 52.6 Å². The van der Waals surface area contributed by atoms with Gasteiger partial charge in [0, 0.05) is 11.1 Å². The van der Waals surface area contributed by atoms with Gasteiger partial charge in [-0.25, -0.2) is 0 Å². The highest BCUT2D eigenvalue weighted by Crippen LogP contribution is 2.33. The fourth-order valence-corrected chi connectivity index (χ4v) is 2.63. The largest absolute Gasteiger partial charge is 0.489 e. The van der Waals surface area contributed by atoms with Gasteiger partial charge in [0.2, 0.25) is 11.6 Å². The Hall–Kier alpha value is -1.58. The minimum Gasteiger partial charge on any atom is -0.489 e. The van der Waals surface area contributed by atoms with Crippen LogP contribution in [0.4, 0.5) is 0 Å². The van der Waals surface area contributed by atoms with Crippen molar-refractivity contribution < 1.29 is 19.1 Å². The molecule has 1 aliphatic rings. The molecule has 0 aromatic carbocycles. The molecule has 0 aromatic heterocycles. The number of carbonyl (C=O) groups excluding carboxylic acids is 2. The molecule has 0 unspecified atom stereocenters. The Kier molecular flexibility index (Phi) is 9.43. The van der Waals surface area contributed by atoms with E-state index >= 15 is 0 Å². The molecule has 0 bridgehead atoms. The fraction of sp³-hybridized carbons (Fsp3) is 0.700. The Bertz CT molecular complexity index is 454. The molecule has 0 saturated carbocycles. The third-order valence-corrected chi connectivity index (χ3v) is 3.97. The van der Waals surface area contributed by atoms with Gasteiger partial charge in [-0.15, -0.1) is 0 Å². The van der Waals surface area contributed by atoms with E-state index in [2.05, 4.69) is 13.8 Å². The Morgan fingerprint density at radius 2 is 1.00 bits per heavy atom. The number of hydrogen-bond acceptors (Lipinski definition) is 4. The van der Waals surface area contributed by atoms with Crippen molar-refractivity contribution in [3.8, 4) is 0 Å². The molecule has 24 heavy (non-hydrogen) atoms. The van der Waals surface area contributed by atoms with E-state index in [-0.39, 0.29) is 0 Å². The highest BCUT2D eigenvalue weighted by Gasteiger charge is 2.36. The molecule has 0 aromatic rings. The zero-order valence-electron chi connectivity index (χ0n) is 15.7. The lowest BCUT2D eigenvalue weighted by molar-refractivity contribution is -0.133. The second-order valence-electron chi connectivity index (χ2n) is 6.18. The summed E-state index contributed by atoms with van der Waals surface area (Å²) in [6, 6.07) is 0. The van der Waals surface area contributed by atoms with Crippen LogP contribution in [-0.4, -0.2) is 24.8 Å². The zero-order valence-corrected chi connectivity index (χ0v) is 15.7. The smallest absolute Gasteiger partial charge is 0.233 e. The van der Waals surface area contributed by atoms with E-state index in [1.54, 1.807) is 0 Å². The SMILES string of the molecule is CCCCC1=C(OCCC)C(OCCC)=C(CCCC)C(=O)C1=O. The third kappa shape index (κ3) is 5.22. The number of rotatable bonds is 12. The predicted octanol–water partition coefficient (Wildman–Crippen LogP) is 4.88. The summed E-state index contributed by atoms with van der Waals surface area (Å²) < 4.78 is 11.8. The van der Waals surface area contributed by atoms with Crippen molar-refractivity contribution in [1.29, 1.82) is 0 Å². The first-order chi connectivity index (χ1) is 11.6. The highest BCUT2D eigenvalue weighted by atomic mass is 16.5. The Morgan fingerprint density at radius 3 is 1.29 bits per heavy atom. The molecular weight excluding hydrogens is 304 g/mol. The first-order valence-corrected chi connectivity index (χ1v) is 9.43. The average molecular weight is 336 g/mol. The fourth-order valence-electron chi connectivity index (χ4n) is 2.63. The normalized spacial score (nSPS) is 15.3. The lowest BCUT2D eigenvalue weighted by Crippen LogP contribution is -2.28. The van der Waals surface area contributed by atoms with E-state index < -0.39 is 11.6 Å². The Morgan fingerprint density at radius 1 is 0.625 bits per heavy atom. The first kappa shape index (κ1) is 20.5. The van der Waals surface area contributed by atoms with Crippen molar-refractivity contribution in [1.82, 2.24) is 0 Å². The second-order valence-corrected chi connectivity index (χ2v) is 6.18. The van der Waals surface area contributed by atoms with Crippen LogP contribution in [-0.2, 0) is 19.1 Å². The van der Waals surface area contributed by atoms with Crippen molar-refractivity contribution in [3.05, 3.63) is 22.7 Å². The lowest BCUT2D eigenvalue weighted by Gasteiger charge is -2.25. The highest BCUT2D eigenvalue weighted by molar-refractivity contribution is 6.50. The van der Waals surface area contributed by atoms with Crippen molar-refractivity contribution in [3.63, 3.8) is 0 Å². The molecule has 0 fully saturated rings. The molecule has 0 aliphatic heterocycles. The van der Waals surface area contributed by atoms with Crippen LogP contribution in [0.5, 0.6) is 0 Å². The third-order valence-electron chi connectivity index (χ3n) is 3.97. The second kappa shape index (κ2) is 11.1. The Labute approximate surface area is 146 Å². The molecule has 0 amide bonds. The summed E-state index contributed by atoms with van der Waals surface area (Å²) >= 11 is 0. The van der Waals surface area contributed by atoms with E-state index in [1.165, 1.54) is 0 Å². The molecular formula is C20H32O4. The number of allylic oxidation sites excluding steroid dienone is 2. The van der Waals surface area contributed by atoms with Crippen LogP contribution in [0.3, 0.4) is 0 Å². The molecule has 4 nitrogen and oxygen atoms in total. The van der Waals surface area contributed by atoms with Crippen LogP contribution in [0.15, 0.2) is 22.7 Å². The molecule has 0 radical (unpaired) electrons. The van der Waals surface area contributed by atoms with E-state index in [1.807, 2.05) is 13.8 Å². The summed E-state index contributed by atoms with van der Waals surface area (Å²) in [5.74, 6) is 0.248. The van der Waals surface area contributed by atoms with E-state index in [0.29, 0.717) is 48.7 Å². The van der Waals surface area contributed by atoms with Crippen LogP contribution in [0.2, 0.25) is 0 Å². The van der Waals surface area contributed by atoms with Crippen molar-refractivity contribution >= 4 is 11.6 Å². The molecule has 1 aliphatic carbocycles. The van der Waals surface area contributed by atoms with Crippen LogP contribution < -0.4 is 0 Å². The van der Waals surface area contributed by atoms with Crippen LogP contribution >= 0.6 is 0 Å². The maximum atomic E-state index is 12.6. The summed E-state index contributed by atoms with van der Waals surface area (Å²) in [7, 11) is 0. The minimum atomic E-state index is -0.399. The van der Waals surface area contributed by atoms with E-state index in [4.69, 9.17) is 9.47 Å². The monoisotopic (exact) mass is 336 g/mol. The number of ketones is 2. The van der Waals surface area contributed by atoms with Gasteiger partial charge in [0.05, 0.1) is 13.2 Å². The van der Waals surface area contributed by atoms with Crippen molar-refractivity contribution in [2.75, 3.05) is 13.2 Å². The standard InChI is InChI=1S/C20H32O4/c1-5-9-11-15-17(21)18(22)16(12-10-6-2)20(24-14-8-4)19(15)23-13-7-3/h5-14H2,1-4H3. The van der Waals surface area contributed by atoms with Gasteiger partial charge < -0.3 is 9.47 Å². The maximum Gasteiger partial charge on any atom is 0.233 e. The molecule has 0 N–H and O–H groups in total. The first-order valence-electron chi connectivity index (χ1n) is 9.43. The van der Waals surface area contributed by atoms with Gasteiger partial charge in [-0.2, -0.15) is 0 Å². The minimum absolute atomic E-state index is 0.399. The lowest BCUT2D eigenvalue weighted by atomic mass is 9.87. The summed E-state index contributed by atoms with van der Waals surface area (Å²) in [6.45, 7) is 9.23. The summed E-state index contributed by atoms with van der Waals surface area (Å²) in [4.78, 5) is 25.2. The molecule has 1 rings (SSSR count). The Balaban J connectivity index is 3.33. The number of unbranched alkanes of at least 4 members (excludes halogenated alkanes) is 2. The molecule has 136 valence electrons. The average Bonchev–Trinajstić information content (AvgIpc) is 2.59. The van der Waals surface area contributed by atoms with Gasteiger partial charge >= 0.3 is 0 Å². The molecule has 0 saturated heterocycles. The van der Waals surface area contributed by atoms with Crippen LogP contribution in [0, 0.1) is 0 Å². The van der Waals surface area contributed by atoms with Gasteiger partial charge in [0.15, 0.2) is 11.5 Å². The molecule has 4 heteroatoms. The van der Waals surface area contributed by atoms with Crippen molar-refractivity contribution in [2.45, 2.75) is 79.1 Å². The summed E-state index contributed by atoms with van der Waals surface area (Å²) in [6.07, 6.45) is 6.47. The summed E-state index contributed by atoms with van der Waals surface area (Å²) in [5.41, 5.74) is 1.00. The zero-order chi connectivity index (χ0) is 17.9. The van der Waals surface area contributed by atoms with Gasteiger partial charge in [-0.05, 0) is 38.5 Å². The summed E-state index contributed by atoms with van der Waals surface area (Å²) in [5, 5.41) is 0. The predicted molar refractivity (Wildman–Crippen MR) is 95.6 cm³/mol. The number of hydrogen-bond donors (Lipinski definition) is 0. The van der Waals surface area contributed by atoms with Crippen LogP contribution in [0.25, 0.3) is 0 Å². The van der Waals surface area contributed by atoms with Gasteiger partial charge in [0.1, 0.15) is 0 Å².